The van der Waals surface area contributed by atoms with Gasteiger partial charge in [-0.05, 0) is 36.2 Å². The molecule has 0 saturated carbocycles. The van der Waals surface area contributed by atoms with Gasteiger partial charge in [0.2, 0.25) is 0 Å². The highest BCUT2D eigenvalue weighted by Crippen LogP contribution is 2.29. The summed E-state index contributed by atoms with van der Waals surface area (Å²) >= 11 is 0. The fourth-order valence-electron chi connectivity index (χ4n) is 3.11. The Balaban J connectivity index is 0.00000261. The van der Waals surface area contributed by atoms with E-state index in [1.165, 1.54) is 7.05 Å². The standard InChI is InChI=1S/C19H24N4O3.ClH/c1-20-19(24)26-16-7-6-14(12-17(16)25-2)11-15-13-21-9-10-23(15)18-5-3-4-8-22-18;/h3-8,12,15,21H,9-11,13H2,1-2H3,(H,20,24);1H. The molecule has 0 bridgehead atoms. The minimum absolute atomic E-state index is 0. The lowest BCUT2D eigenvalue weighted by Crippen LogP contribution is -2.52. The predicted molar refractivity (Wildman–Crippen MR) is 107 cm³/mol. The van der Waals surface area contributed by atoms with E-state index in [2.05, 4.69) is 20.5 Å². The van der Waals surface area contributed by atoms with Crippen LogP contribution in [0.2, 0.25) is 0 Å². The van der Waals surface area contributed by atoms with Crippen LogP contribution in [0.4, 0.5) is 10.6 Å². The molecular formula is C19H25ClN4O3. The summed E-state index contributed by atoms with van der Waals surface area (Å²) in [5, 5.41) is 5.88. The molecule has 1 atom stereocenters. The molecular weight excluding hydrogens is 368 g/mol. The maximum absolute atomic E-state index is 11.4. The molecule has 0 spiro atoms. The number of methoxy groups -OCH3 is 1. The number of rotatable bonds is 5. The number of nitrogens with one attached hydrogen (secondary N) is 2. The number of nitrogens with zero attached hydrogens (tertiary/aromatic N) is 2. The zero-order chi connectivity index (χ0) is 18.4. The third-order valence-electron chi connectivity index (χ3n) is 4.40. The second-order valence-corrected chi connectivity index (χ2v) is 6.07. The van der Waals surface area contributed by atoms with Gasteiger partial charge in [-0.25, -0.2) is 9.78 Å². The average Bonchev–Trinajstić information content (AvgIpc) is 2.70. The van der Waals surface area contributed by atoms with Gasteiger partial charge in [0, 0.05) is 38.9 Å². The van der Waals surface area contributed by atoms with Crippen molar-refractivity contribution in [3.05, 3.63) is 48.2 Å². The third-order valence-corrected chi connectivity index (χ3v) is 4.40. The highest BCUT2D eigenvalue weighted by atomic mass is 35.5. The maximum Gasteiger partial charge on any atom is 0.412 e. The second kappa shape index (κ2) is 9.99. The Morgan fingerprint density at radius 3 is 2.89 bits per heavy atom. The molecule has 1 fully saturated rings. The van der Waals surface area contributed by atoms with E-state index in [0.29, 0.717) is 11.5 Å². The van der Waals surface area contributed by atoms with Gasteiger partial charge in [-0.15, -0.1) is 12.4 Å². The lowest BCUT2D eigenvalue weighted by molar-refractivity contribution is 0.201. The van der Waals surface area contributed by atoms with Crippen molar-refractivity contribution in [1.82, 2.24) is 15.6 Å². The number of pyridine rings is 1. The Labute approximate surface area is 165 Å². The van der Waals surface area contributed by atoms with Crippen LogP contribution in [0.1, 0.15) is 5.56 Å². The molecule has 2 aromatic rings. The van der Waals surface area contributed by atoms with E-state index in [-0.39, 0.29) is 18.4 Å². The van der Waals surface area contributed by atoms with Crippen molar-refractivity contribution >= 4 is 24.3 Å². The Kier molecular flexibility index (Phi) is 7.69. The number of carbonyl (C=O) groups excluding carboxylic acids is 1. The molecule has 1 unspecified atom stereocenters. The van der Waals surface area contributed by atoms with E-state index in [0.717, 1.165) is 37.4 Å². The van der Waals surface area contributed by atoms with Crippen LogP contribution in [-0.2, 0) is 6.42 Å². The Bertz CT molecular complexity index is 745. The highest BCUT2D eigenvalue weighted by molar-refractivity contribution is 5.85. The summed E-state index contributed by atoms with van der Waals surface area (Å²) in [7, 11) is 3.09. The number of benzene rings is 1. The van der Waals surface area contributed by atoms with Gasteiger partial charge in [0.05, 0.1) is 7.11 Å². The number of halogens is 1. The van der Waals surface area contributed by atoms with E-state index < -0.39 is 6.09 Å². The lowest BCUT2D eigenvalue weighted by Gasteiger charge is -2.37. The van der Waals surface area contributed by atoms with Crippen LogP contribution in [0, 0.1) is 0 Å². The Morgan fingerprint density at radius 2 is 2.19 bits per heavy atom. The van der Waals surface area contributed by atoms with Crippen LogP contribution < -0.4 is 25.0 Å². The fraction of sp³-hybridized carbons (Fsp3) is 0.368. The molecule has 0 radical (unpaired) electrons. The maximum atomic E-state index is 11.4. The normalized spacial score (nSPS) is 16.2. The number of carbonyl (C=O) groups is 1. The quantitative estimate of drug-likeness (QED) is 0.812. The van der Waals surface area contributed by atoms with Crippen molar-refractivity contribution < 1.29 is 14.3 Å². The minimum Gasteiger partial charge on any atom is -0.493 e. The molecule has 2 heterocycles. The topological polar surface area (TPSA) is 75.7 Å². The number of anilines is 1. The molecule has 7 nitrogen and oxygen atoms in total. The predicted octanol–water partition coefficient (Wildman–Crippen LogP) is 2.25. The van der Waals surface area contributed by atoms with Gasteiger partial charge in [-0.2, -0.15) is 0 Å². The summed E-state index contributed by atoms with van der Waals surface area (Å²) in [5.41, 5.74) is 1.11. The number of amides is 1. The van der Waals surface area contributed by atoms with Gasteiger partial charge >= 0.3 is 6.09 Å². The van der Waals surface area contributed by atoms with Crippen molar-refractivity contribution in [2.45, 2.75) is 12.5 Å². The molecule has 1 aromatic carbocycles. The first-order valence-corrected chi connectivity index (χ1v) is 8.66. The van der Waals surface area contributed by atoms with Gasteiger partial charge in [0.25, 0.3) is 0 Å². The Hall–Kier alpha value is -2.51. The molecule has 2 N–H and O–H groups in total. The molecule has 1 aromatic heterocycles. The van der Waals surface area contributed by atoms with Crippen molar-refractivity contribution in [1.29, 1.82) is 0 Å². The smallest absolute Gasteiger partial charge is 0.412 e. The van der Waals surface area contributed by atoms with Crippen LogP contribution in [0.25, 0.3) is 0 Å². The monoisotopic (exact) mass is 392 g/mol. The van der Waals surface area contributed by atoms with Crippen LogP contribution in [0.15, 0.2) is 42.6 Å². The van der Waals surface area contributed by atoms with Gasteiger partial charge in [0.15, 0.2) is 11.5 Å². The summed E-state index contributed by atoms with van der Waals surface area (Å²) in [4.78, 5) is 18.3. The summed E-state index contributed by atoms with van der Waals surface area (Å²) in [6.45, 7) is 2.74. The summed E-state index contributed by atoms with van der Waals surface area (Å²) < 4.78 is 10.6. The van der Waals surface area contributed by atoms with Crippen molar-refractivity contribution in [3.63, 3.8) is 0 Å². The molecule has 1 saturated heterocycles. The minimum atomic E-state index is -0.520. The summed E-state index contributed by atoms with van der Waals surface area (Å²) in [5.74, 6) is 1.93. The zero-order valence-electron chi connectivity index (χ0n) is 15.5. The molecule has 146 valence electrons. The summed E-state index contributed by atoms with van der Waals surface area (Å²) in [6, 6.07) is 11.9. The Morgan fingerprint density at radius 1 is 1.33 bits per heavy atom. The van der Waals surface area contributed by atoms with Crippen LogP contribution in [0.3, 0.4) is 0 Å². The largest absolute Gasteiger partial charge is 0.493 e. The van der Waals surface area contributed by atoms with Crippen LogP contribution >= 0.6 is 12.4 Å². The molecule has 1 amide bonds. The molecule has 3 rings (SSSR count). The number of ether oxygens (including phenoxy) is 2. The third kappa shape index (κ3) is 5.24. The van der Waals surface area contributed by atoms with E-state index in [1.807, 2.05) is 36.5 Å². The average molecular weight is 393 g/mol. The zero-order valence-corrected chi connectivity index (χ0v) is 16.3. The SMILES string of the molecule is CNC(=O)Oc1ccc(CC2CNCCN2c2ccccn2)cc1OC.Cl. The fourth-order valence-corrected chi connectivity index (χ4v) is 3.11. The molecule has 27 heavy (non-hydrogen) atoms. The van der Waals surface area contributed by atoms with Gasteiger partial charge in [0.1, 0.15) is 5.82 Å². The molecule has 0 aliphatic carbocycles. The van der Waals surface area contributed by atoms with E-state index in [4.69, 9.17) is 9.47 Å². The first-order chi connectivity index (χ1) is 12.7. The number of piperazine rings is 1. The number of hydrogen-bond acceptors (Lipinski definition) is 6. The first-order valence-electron chi connectivity index (χ1n) is 8.66. The second-order valence-electron chi connectivity index (χ2n) is 6.07. The van der Waals surface area contributed by atoms with Crippen LogP contribution in [-0.4, -0.2) is 50.9 Å². The molecule has 8 heteroatoms. The van der Waals surface area contributed by atoms with Gasteiger partial charge in [-0.3, -0.25) is 0 Å². The van der Waals surface area contributed by atoms with Gasteiger partial charge in [-0.1, -0.05) is 12.1 Å². The molecule has 1 aliphatic rings. The van der Waals surface area contributed by atoms with Crippen LogP contribution in [0.5, 0.6) is 11.5 Å². The first kappa shape index (κ1) is 20.8. The van der Waals surface area contributed by atoms with Gasteiger partial charge < -0.3 is 25.0 Å². The summed E-state index contributed by atoms with van der Waals surface area (Å²) in [6.07, 6.45) is 2.14. The van der Waals surface area contributed by atoms with Crippen molar-refractivity contribution in [2.24, 2.45) is 0 Å². The van der Waals surface area contributed by atoms with E-state index in [1.54, 1.807) is 13.2 Å². The van der Waals surface area contributed by atoms with E-state index in [9.17, 15) is 4.79 Å². The lowest BCUT2D eigenvalue weighted by atomic mass is 10.0. The number of hydrogen-bond donors (Lipinski definition) is 2. The number of aromatic nitrogens is 1. The molecule has 1 aliphatic heterocycles. The van der Waals surface area contributed by atoms with Crippen molar-refractivity contribution in [3.8, 4) is 11.5 Å². The van der Waals surface area contributed by atoms with E-state index >= 15 is 0 Å². The van der Waals surface area contributed by atoms with Crippen molar-refractivity contribution in [2.75, 3.05) is 38.7 Å². The highest BCUT2D eigenvalue weighted by Gasteiger charge is 2.24.